The van der Waals surface area contributed by atoms with E-state index >= 15 is 0 Å². The largest absolute Gasteiger partial charge is 0.481 e. The number of nitrogens with one attached hydrogen (secondary N) is 1. The Morgan fingerprint density at radius 2 is 1.96 bits per heavy atom. The molecule has 0 aliphatic heterocycles. The van der Waals surface area contributed by atoms with Crippen molar-refractivity contribution < 1.29 is 14.7 Å². The van der Waals surface area contributed by atoms with Gasteiger partial charge in [0.15, 0.2) is 0 Å². The number of aryl methyl sites for hydroxylation is 1. The van der Waals surface area contributed by atoms with Crippen molar-refractivity contribution in [3.63, 3.8) is 0 Å². The number of fused-ring (bicyclic) bond motifs is 1. The zero-order chi connectivity index (χ0) is 17.3. The van der Waals surface area contributed by atoms with Crippen molar-refractivity contribution in [3.05, 3.63) is 40.4 Å². The van der Waals surface area contributed by atoms with Crippen molar-refractivity contribution in [1.29, 1.82) is 0 Å². The van der Waals surface area contributed by atoms with E-state index in [1.165, 1.54) is 10.9 Å². The molecule has 3 rings (SSSR count). The normalized spacial score (nSPS) is 20.7. The fourth-order valence-corrected chi connectivity index (χ4v) is 3.11. The van der Waals surface area contributed by atoms with Crippen LogP contribution in [-0.2, 0) is 11.8 Å². The van der Waals surface area contributed by atoms with E-state index in [4.69, 9.17) is 5.11 Å². The maximum absolute atomic E-state index is 12.4. The summed E-state index contributed by atoms with van der Waals surface area (Å²) in [5, 5.41) is 12.4. The van der Waals surface area contributed by atoms with E-state index in [1.54, 1.807) is 25.2 Å². The molecule has 1 fully saturated rings. The molecular formula is C17H19N3O4. The molecule has 1 aromatic carbocycles. The number of carboxylic acid groups (broad SMARTS) is 1. The van der Waals surface area contributed by atoms with Crippen molar-refractivity contribution in [3.8, 4) is 0 Å². The molecule has 1 aliphatic carbocycles. The molecule has 24 heavy (non-hydrogen) atoms. The molecule has 1 aromatic heterocycles. The average Bonchev–Trinajstić information content (AvgIpc) is 2.58. The number of hydrogen-bond donors (Lipinski definition) is 2. The van der Waals surface area contributed by atoms with Crippen LogP contribution >= 0.6 is 0 Å². The highest BCUT2D eigenvalue weighted by Crippen LogP contribution is 2.24. The van der Waals surface area contributed by atoms with E-state index in [9.17, 15) is 14.4 Å². The molecule has 1 amide bonds. The lowest BCUT2D eigenvalue weighted by molar-refractivity contribution is -0.142. The monoisotopic (exact) mass is 329 g/mol. The van der Waals surface area contributed by atoms with Crippen molar-refractivity contribution in [2.24, 2.45) is 13.0 Å². The van der Waals surface area contributed by atoms with Crippen LogP contribution < -0.4 is 10.9 Å². The van der Waals surface area contributed by atoms with Gasteiger partial charge in [0.25, 0.3) is 11.5 Å². The summed E-state index contributed by atoms with van der Waals surface area (Å²) in [6.45, 7) is 0. The van der Waals surface area contributed by atoms with E-state index in [0.29, 0.717) is 42.1 Å². The van der Waals surface area contributed by atoms with Crippen LogP contribution in [0.5, 0.6) is 0 Å². The minimum Gasteiger partial charge on any atom is -0.481 e. The van der Waals surface area contributed by atoms with Gasteiger partial charge < -0.3 is 15.0 Å². The van der Waals surface area contributed by atoms with Crippen LogP contribution in [0.1, 0.15) is 36.0 Å². The van der Waals surface area contributed by atoms with E-state index in [1.807, 2.05) is 0 Å². The van der Waals surface area contributed by atoms with Gasteiger partial charge >= 0.3 is 5.97 Å². The summed E-state index contributed by atoms with van der Waals surface area (Å²) >= 11 is 0. The minimum absolute atomic E-state index is 0.0135. The minimum atomic E-state index is -0.762. The number of hydrogen-bond acceptors (Lipinski definition) is 4. The third-order valence-electron chi connectivity index (χ3n) is 4.59. The maximum atomic E-state index is 12.4. The van der Waals surface area contributed by atoms with Crippen LogP contribution in [-0.4, -0.2) is 32.6 Å². The first-order valence-corrected chi connectivity index (χ1v) is 7.95. The summed E-state index contributed by atoms with van der Waals surface area (Å²) in [6, 6.07) is 4.82. The SMILES string of the molecule is Cn1cnc2cc(C(=O)NC3CCC(C(=O)O)CC3)ccc2c1=O. The van der Waals surface area contributed by atoms with Crippen molar-refractivity contribution in [2.45, 2.75) is 31.7 Å². The van der Waals surface area contributed by atoms with Gasteiger partial charge in [0.1, 0.15) is 0 Å². The van der Waals surface area contributed by atoms with Gasteiger partial charge in [-0.25, -0.2) is 4.98 Å². The van der Waals surface area contributed by atoms with E-state index < -0.39 is 5.97 Å². The smallest absolute Gasteiger partial charge is 0.306 e. The molecule has 1 saturated carbocycles. The highest BCUT2D eigenvalue weighted by molar-refractivity contribution is 5.97. The molecule has 0 unspecified atom stereocenters. The molecule has 1 heterocycles. The Morgan fingerprint density at radius 3 is 2.62 bits per heavy atom. The second-order valence-corrected chi connectivity index (χ2v) is 6.25. The molecular weight excluding hydrogens is 310 g/mol. The number of aromatic nitrogens is 2. The second kappa shape index (κ2) is 6.43. The number of rotatable bonds is 3. The van der Waals surface area contributed by atoms with E-state index in [2.05, 4.69) is 10.3 Å². The van der Waals surface area contributed by atoms with Crippen molar-refractivity contribution in [1.82, 2.24) is 14.9 Å². The molecule has 1 aliphatic rings. The third kappa shape index (κ3) is 3.15. The molecule has 2 N–H and O–H groups in total. The number of carbonyl (C=O) groups excluding carboxylic acids is 1. The zero-order valence-electron chi connectivity index (χ0n) is 13.4. The number of amides is 1. The van der Waals surface area contributed by atoms with E-state index in [-0.39, 0.29) is 23.4 Å². The van der Waals surface area contributed by atoms with Crippen LogP contribution in [0.25, 0.3) is 10.9 Å². The topological polar surface area (TPSA) is 101 Å². The molecule has 0 spiro atoms. The lowest BCUT2D eigenvalue weighted by atomic mass is 9.86. The predicted octanol–water partition coefficient (Wildman–Crippen LogP) is 1.31. The molecule has 7 nitrogen and oxygen atoms in total. The molecule has 0 saturated heterocycles. The molecule has 0 bridgehead atoms. The number of benzene rings is 1. The summed E-state index contributed by atoms with van der Waals surface area (Å²) in [5.41, 5.74) is 0.780. The maximum Gasteiger partial charge on any atom is 0.306 e. The molecule has 0 radical (unpaired) electrons. The van der Waals surface area contributed by atoms with Gasteiger partial charge in [-0.2, -0.15) is 0 Å². The lowest BCUT2D eigenvalue weighted by Crippen LogP contribution is -2.38. The van der Waals surface area contributed by atoms with E-state index in [0.717, 1.165) is 0 Å². The highest BCUT2D eigenvalue weighted by atomic mass is 16.4. The number of aliphatic carboxylic acids is 1. The Labute approximate surface area is 138 Å². The lowest BCUT2D eigenvalue weighted by Gasteiger charge is -2.26. The average molecular weight is 329 g/mol. The highest BCUT2D eigenvalue weighted by Gasteiger charge is 2.26. The molecule has 7 heteroatoms. The summed E-state index contributed by atoms with van der Waals surface area (Å²) in [5.74, 6) is -1.29. The van der Waals surface area contributed by atoms with Gasteiger partial charge in [0.05, 0.1) is 23.1 Å². The molecule has 2 aromatic rings. The van der Waals surface area contributed by atoms with Gasteiger partial charge in [-0.1, -0.05) is 0 Å². The fraction of sp³-hybridized carbons (Fsp3) is 0.412. The summed E-state index contributed by atoms with van der Waals surface area (Å²) < 4.78 is 1.39. The number of carbonyl (C=O) groups is 2. The second-order valence-electron chi connectivity index (χ2n) is 6.25. The number of carboxylic acids is 1. The Kier molecular flexibility index (Phi) is 4.33. The number of nitrogens with zero attached hydrogens (tertiary/aromatic N) is 2. The molecule has 126 valence electrons. The van der Waals surface area contributed by atoms with Gasteiger partial charge in [-0.3, -0.25) is 14.4 Å². The first kappa shape index (κ1) is 16.2. The Bertz CT molecular complexity index is 851. The first-order valence-electron chi connectivity index (χ1n) is 7.95. The summed E-state index contributed by atoms with van der Waals surface area (Å²) in [7, 11) is 1.63. The van der Waals surface area contributed by atoms with Crippen LogP contribution in [0.15, 0.2) is 29.3 Å². The van der Waals surface area contributed by atoms with Crippen LogP contribution in [0.3, 0.4) is 0 Å². The summed E-state index contributed by atoms with van der Waals surface area (Å²) in [4.78, 5) is 39.5. The predicted molar refractivity (Wildman–Crippen MR) is 87.8 cm³/mol. The van der Waals surface area contributed by atoms with Crippen molar-refractivity contribution in [2.75, 3.05) is 0 Å². The zero-order valence-corrected chi connectivity index (χ0v) is 13.4. The summed E-state index contributed by atoms with van der Waals surface area (Å²) in [6.07, 6.45) is 3.91. The third-order valence-corrected chi connectivity index (χ3v) is 4.59. The quantitative estimate of drug-likeness (QED) is 0.884. The van der Waals surface area contributed by atoms with Crippen LogP contribution in [0.2, 0.25) is 0 Å². The standard InChI is InChI=1S/C17H19N3O4/c1-20-9-18-14-8-11(4-7-13(14)16(20)22)15(21)19-12-5-2-10(3-6-12)17(23)24/h4,7-10,12H,2-3,5-6H2,1H3,(H,19,21)(H,23,24). The van der Waals surface area contributed by atoms with Gasteiger partial charge in [-0.15, -0.1) is 0 Å². The van der Waals surface area contributed by atoms with Gasteiger partial charge in [-0.05, 0) is 43.9 Å². The Hall–Kier alpha value is -2.70. The van der Waals surface area contributed by atoms with Crippen LogP contribution in [0.4, 0.5) is 0 Å². The van der Waals surface area contributed by atoms with Gasteiger partial charge in [0.2, 0.25) is 0 Å². The van der Waals surface area contributed by atoms with Crippen LogP contribution in [0, 0.1) is 5.92 Å². The first-order chi connectivity index (χ1) is 11.5. The fourth-order valence-electron chi connectivity index (χ4n) is 3.11. The Morgan fingerprint density at radius 1 is 1.25 bits per heavy atom. The van der Waals surface area contributed by atoms with Crippen molar-refractivity contribution >= 4 is 22.8 Å². The van der Waals surface area contributed by atoms with Gasteiger partial charge in [0, 0.05) is 18.7 Å². The molecule has 0 atom stereocenters. The Balaban J connectivity index is 1.72.